The molecule has 0 aliphatic carbocycles. The maximum atomic E-state index is 10.1. The average Bonchev–Trinajstić information content (AvgIpc) is 2.10. The summed E-state index contributed by atoms with van der Waals surface area (Å²) in [6.45, 7) is -0.893. The molecule has 5 N–H and O–H groups in total. The van der Waals surface area contributed by atoms with Gasteiger partial charge < -0.3 is 29.9 Å². The zero-order valence-electron chi connectivity index (χ0n) is 6.92. The highest BCUT2D eigenvalue weighted by atomic mass is 31.2. The largest absolute Gasteiger partial charge is 0.469 e. The molecule has 0 saturated carbocycles. The maximum absolute atomic E-state index is 10.1. The van der Waals surface area contributed by atoms with Crippen LogP contribution >= 0.6 is 7.82 Å². The molecule has 0 aliphatic rings. The second-order valence-corrected chi connectivity index (χ2v) is 3.71. The molecule has 0 saturated heterocycles. The molecule has 0 heterocycles. The highest BCUT2D eigenvalue weighted by Crippen LogP contribution is 2.35. The molecule has 0 fully saturated rings. The predicted octanol–water partition coefficient (Wildman–Crippen LogP) is -2.62. The maximum Gasteiger partial charge on any atom is 0.469 e. The average molecular weight is 230 g/mol. The van der Waals surface area contributed by atoms with E-state index in [1.807, 2.05) is 0 Å². The van der Waals surface area contributed by atoms with Crippen molar-refractivity contribution in [1.29, 1.82) is 0 Å². The van der Waals surface area contributed by atoms with E-state index in [1.165, 1.54) is 0 Å². The van der Waals surface area contributed by atoms with Gasteiger partial charge in [-0.05, 0) is 0 Å². The van der Waals surface area contributed by atoms with Crippen LogP contribution in [0.1, 0.15) is 0 Å². The Morgan fingerprint density at radius 2 is 1.79 bits per heavy atom. The van der Waals surface area contributed by atoms with Crippen LogP contribution in [-0.4, -0.2) is 56.3 Å². The lowest BCUT2D eigenvalue weighted by molar-refractivity contribution is -0.127. The van der Waals surface area contributed by atoms with Crippen LogP contribution in [0.25, 0.3) is 0 Å². The smallest absolute Gasteiger partial charge is 0.388 e. The van der Waals surface area contributed by atoms with Crippen LogP contribution in [0.2, 0.25) is 0 Å². The van der Waals surface area contributed by atoms with Crippen LogP contribution in [0, 0.1) is 0 Å². The Labute approximate surface area is 79.0 Å². The van der Waals surface area contributed by atoms with Crippen molar-refractivity contribution < 1.29 is 39.0 Å². The summed E-state index contributed by atoms with van der Waals surface area (Å²) in [5.41, 5.74) is 0. The SMILES string of the molecule is O=C[C@@H](O)[C@H](O)[C@H](O)COP(=O)(O)O. The molecule has 0 aromatic rings. The van der Waals surface area contributed by atoms with Crippen LogP contribution in [0.3, 0.4) is 0 Å². The molecule has 14 heavy (non-hydrogen) atoms. The van der Waals surface area contributed by atoms with E-state index in [1.54, 1.807) is 0 Å². The number of hydrogen-bond donors (Lipinski definition) is 5. The third-order valence-corrected chi connectivity index (χ3v) is 1.78. The van der Waals surface area contributed by atoms with Crippen molar-refractivity contribution in [2.75, 3.05) is 6.61 Å². The molecule has 0 aromatic carbocycles. The minimum Gasteiger partial charge on any atom is -0.388 e. The number of carbonyl (C=O) groups excluding carboxylic acids is 1. The third kappa shape index (κ3) is 5.40. The molecule has 8 nitrogen and oxygen atoms in total. The van der Waals surface area contributed by atoms with Gasteiger partial charge in [-0.2, -0.15) is 0 Å². The first-order valence-corrected chi connectivity index (χ1v) is 5.00. The van der Waals surface area contributed by atoms with E-state index < -0.39 is 32.7 Å². The van der Waals surface area contributed by atoms with E-state index in [4.69, 9.17) is 25.1 Å². The summed E-state index contributed by atoms with van der Waals surface area (Å²) in [7, 11) is -4.74. The quantitative estimate of drug-likeness (QED) is 0.246. The summed E-state index contributed by atoms with van der Waals surface area (Å²) in [5, 5.41) is 26.6. The third-order valence-electron chi connectivity index (χ3n) is 1.30. The van der Waals surface area contributed by atoms with Gasteiger partial charge in [0, 0.05) is 0 Å². The van der Waals surface area contributed by atoms with E-state index >= 15 is 0 Å². The summed E-state index contributed by atoms with van der Waals surface area (Å²) in [6, 6.07) is 0. The van der Waals surface area contributed by atoms with Crippen LogP contribution in [0.4, 0.5) is 0 Å². The van der Waals surface area contributed by atoms with E-state index in [-0.39, 0.29) is 6.29 Å². The summed E-state index contributed by atoms with van der Waals surface area (Å²) in [6.07, 6.45) is -5.46. The van der Waals surface area contributed by atoms with E-state index in [0.29, 0.717) is 0 Å². The lowest BCUT2D eigenvalue weighted by Crippen LogP contribution is -2.40. The van der Waals surface area contributed by atoms with Gasteiger partial charge in [-0.3, -0.25) is 4.52 Å². The summed E-state index contributed by atoms with van der Waals surface area (Å²) < 4.78 is 14.0. The first kappa shape index (κ1) is 13.7. The molecule has 0 aliphatic heterocycles. The number of hydrogen-bond acceptors (Lipinski definition) is 6. The fourth-order valence-corrected chi connectivity index (χ4v) is 0.927. The highest BCUT2D eigenvalue weighted by molar-refractivity contribution is 7.46. The number of phosphoric acid groups is 1. The second-order valence-electron chi connectivity index (χ2n) is 2.47. The molecule has 0 amide bonds. The van der Waals surface area contributed by atoms with Crippen LogP contribution in [0.15, 0.2) is 0 Å². The van der Waals surface area contributed by atoms with Crippen LogP contribution in [0.5, 0.6) is 0 Å². The van der Waals surface area contributed by atoms with Gasteiger partial charge in [0.25, 0.3) is 0 Å². The minimum absolute atomic E-state index is 0.0225. The van der Waals surface area contributed by atoms with Crippen molar-refractivity contribution in [3.8, 4) is 0 Å². The molecular weight excluding hydrogens is 219 g/mol. The van der Waals surface area contributed by atoms with Gasteiger partial charge in [0.2, 0.25) is 0 Å². The van der Waals surface area contributed by atoms with Gasteiger partial charge in [0.15, 0.2) is 6.29 Å². The molecule has 0 unspecified atom stereocenters. The number of aldehydes is 1. The van der Waals surface area contributed by atoms with Crippen LogP contribution < -0.4 is 0 Å². The summed E-state index contributed by atoms with van der Waals surface area (Å²) in [4.78, 5) is 26.4. The Bertz CT molecular complexity index is 224. The summed E-state index contributed by atoms with van der Waals surface area (Å²) >= 11 is 0. The Kier molecular flexibility index (Phi) is 5.38. The lowest BCUT2D eigenvalue weighted by atomic mass is 10.1. The zero-order chi connectivity index (χ0) is 11.4. The predicted molar refractivity (Wildman–Crippen MR) is 42.1 cm³/mol. The van der Waals surface area contributed by atoms with E-state index in [2.05, 4.69) is 4.52 Å². The van der Waals surface area contributed by atoms with Crippen molar-refractivity contribution >= 4 is 14.1 Å². The lowest BCUT2D eigenvalue weighted by Gasteiger charge is -2.19. The number of aliphatic hydroxyl groups excluding tert-OH is 3. The molecule has 0 spiro atoms. The normalized spacial score (nSPS) is 18.6. The number of phosphoric ester groups is 1. The Morgan fingerprint density at radius 3 is 2.14 bits per heavy atom. The molecule has 9 heteroatoms. The first-order chi connectivity index (χ1) is 6.28. The van der Waals surface area contributed by atoms with E-state index in [9.17, 15) is 9.36 Å². The minimum atomic E-state index is -4.74. The Balaban J connectivity index is 4.02. The van der Waals surface area contributed by atoms with E-state index in [0.717, 1.165) is 0 Å². The standard InChI is InChI=1S/C5H11O8P/c6-1-3(7)5(9)4(8)2-13-14(10,11)12/h1,3-5,7-9H,2H2,(H2,10,11,12)/t3-,4-,5+/m1/s1. The number of carbonyl (C=O) groups is 1. The second kappa shape index (κ2) is 5.52. The number of aliphatic hydroxyl groups is 3. The van der Waals surface area contributed by atoms with Gasteiger partial charge in [-0.1, -0.05) is 0 Å². The molecule has 3 atom stereocenters. The van der Waals surface area contributed by atoms with Crippen LogP contribution in [-0.2, 0) is 13.9 Å². The van der Waals surface area contributed by atoms with Crippen molar-refractivity contribution in [3.05, 3.63) is 0 Å². The fraction of sp³-hybridized carbons (Fsp3) is 0.800. The molecule has 0 radical (unpaired) electrons. The molecular formula is C5H11O8P. The van der Waals surface area contributed by atoms with Gasteiger partial charge in [0.05, 0.1) is 6.61 Å². The molecule has 0 rings (SSSR count). The van der Waals surface area contributed by atoms with Crippen molar-refractivity contribution in [2.24, 2.45) is 0 Å². The highest BCUT2D eigenvalue weighted by Gasteiger charge is 2.27. The van der Waals surface area contributed by atoms with Gasteiger partial charge >= 0.3 is 7.82 Å². The van der Waals surface area contributed by atoms with Gasteiger partial charge in [0.1, 0.15) is 18.3 Å². The first-order valence-electron chi connectivity index (χ1n) is 3.47. The topological polar surface area (TPSA) is 145 Å². The molecule has 0 bridgehead atoms. The number of rotatable bonds is 6. The monoisotopic (exact) mass is 230 g/mol. The van der Waals surface area contributed by atoms with Crippen molar-refractivity contribution in [1.82, 2.24) is 0 Å². The van der Waals surface area contributed by atoms with Gasteiger partial charge in [-0.25, -0.2) is 4.57 Å². The Morgan fingerprint density at radius 1 is 1.29 bits per heavy atom. The fourth-order valence-electron chi connectivity index (χ4n) is 0.580. The molecule has 84 valence electrons. The molecule has 0 aromatic heterocycles. The van der Waals surface area contributed by atoms with Crippen molar-refractivity contribution in [2.45, 2.75) is 18.3 Å². The zero-order valence-corrected chi connectivity index (χ0v) is 7.82. The van der Waals surface area contributed by atoms with Crippen molar-refractivity contribution in [3.63, 3.8) is 0 Å². The Hall–Kier alpha value is -0.340. The summed E-state index contributed by atoms with van der Waals surface area (Å²) in [5.74, 6) is 0. The van der Waals surface area contributed by atoms with Gasteiger partial charge in [-0.15, -0.1) is 0 Å².